The number of nitrogens with zero attached hydrogens (tertiary/aromatic N) is 2. The van der Waals surface area contributed by atoms with Crippen LogP contribution in [0.15, 0.2) is 42.9 Å². The van der Waals surface area contributed by atoms with Crippen molar-refractivity contribution >= 4 is 17.5 Å². The Labute approximate surface area is 104 Å². The van der Waals surface area contributed by atoms with Gasteiger partial charge in [-0.15, -0.1) is 0 Å². The van der Waals surface area contributed by atoms with Crippen LogP contribution < -0.4 is 5.32 Å². The van der Waals surface area contributed by atoms with Gasteiger partial charge in [-0.25, -0.2) is 4.98 Å². The van der Waals surface area contributed by atoms with Crippen LogP contribution in [-0.2, 0) is 6.54 Å². The van der Waals surface area contributed by atoms with Crippen LogP contribution in [0.1, 0.15) is 10.4 Å². The number of carbonyl (C=O) groups is 1. The fraction of sp³-hybridized carbons (Fsp3) is 0.167. The first kappa shape index (κ1) is 11.7. The highest BCUT2D eigenvalue weighted by Gasteiger charge is 2.05. The number of aromatic nitrogens is 2. The van der Waals surface area contributed by atoms with Crippen molar-refractivity contribution in [1.82, 2.24) is 14.9 Å². The summed E-state index contributed by atoms with van der Waals surface area (Å²) in [5, 5.41) is 3.14. The van der Waals surface area contributed by atoms with Crippen LogP contribution >= 0.6 is 11.6 Å². The summed E-state index contributed by atoms with van der Waals surface area (Å²) in [6.07, 6.45) is 5.42. The third kappa shape index (κ3) is 3.32. The van der Waals surface area contributed by atoms with E-state index in [-0.39, 0.29) is 5.91 Å². The van der Waals surface area contributed by atoms with E-state index in [1.54, 1.807) is 12.1 Å². The van der Waals surface area contributed by atoms with Crippen molar-refractivity contribution in [2.45, 2.75) is 6.54 Å². The number of pyridine rings is 1. The number of hydrogen-bond acceptors (Lipinski definition) is 2. The quantitative estimate of drug-likeness (QED) is 0.842. The van der Waals surface area contributed by atoms with Crippen LogP contribution in [0.5, 0.6) is 0 Å². The van der Waals surface area contributed by atoms with Crippen LogP contribution in [0.4, 0.5) is 0 Å². The number of carbonyl (C=O) groups excluding carboxylic acids is 1. The Hall–Kier alpha value is -1.81. The van der Waals surface area contributed by atoms with Gasteiger partial charge in [0.15, 0.2) is 0 Å². The summed E-state index contributed by atoms with van der Waals surface area (Å²) in [6, 6.07) is 7.08. The predicted octanol–water partition coefficient (Wildman–Crippen LogP) is 1.97. The molecule has 0 atom stereocenters. The van der Waals surface area contributed by atoms with E-state index in [1.807, 2.05) is 29.1 Å². The van der Waals surface area contributed by atoms with E-state index < -0.39 is 0 Å². The van der Waals surface area contributed by atoms with Gasteiger partial charge < -0.3 is 9.88 Å². The molecule has 2 heterocycles. The molecule has 0 fully saturated rings. The second kappa shape index (κ2) is 5.50. The van der Waals surface area contributed by atoms with Gasteiger partial charge in [0.05, 0.1) is 0 Å². The molecule has 88 valence electrons. The van der Waals surface area contributed by atoms with E-state index in [2.05, 4.69) is 10.3 Å². The Morgan fingerprint density at radius 1 is 1.41 bits per heavy atom. The SMILES string of the molecule is O=C(NCCn1cccc1)c1ccnc(Cl)c1. The number of halogens is 1. The molecule has 0 saturated heterocycles. The lowest BCUT2D eigenvalue weighted by Gasteiger charge is -2.06. The molecule has 2 aromatic rings. The molecule has 0 radical (unpaired) electrons. The summed E-state index contributed by atoms with van der Waals surface area (Å²) in [4.78, 5) is 15.5. The molecule has 2 aromatic heterocycles. The maximum absolute atomic E-state index is 11.7. The second-order valence-corrected chi connectivity index (χ2v) is 3.93. The van der Waals surface area contributed by atoms with E-state index in [4.69, 9.17) is 11.6 Å². The summed E-state index contributed by atoms with van der Waals surface area (Å²) in [5.41, 5.74) is 0.525. The zero-order valence-corrected chi connectivity index (χ0v) is 9.89. The fourth-order valence-corrected chi connectivity index (χ4v) is 1.64. The minimum atomic E-state index is -0.138. The minimum Gasteiger partial charge on any atom is -0.353 e. The molecule has 0 aliphatic heterocycles. The van der Waals surface area contributed by atoms with Crippen LogP contribution in [0.2, 0.25) is 5.15 Å². The molecule has 0 saturated carbocycles. The van der Waals surface area contributed by atoms with Crippen LogP contribution in [0.25, 0.3) is 0 Å². The summed E-state index contributed by atoms with van der Waals surface area (Å²) in [7, 11) is 0. The first-order valence-electron chi connectivity index (χ1n) is 5.26. The Balaban J connectivity index is 1.85. The van der Waals surface area contributed by atoms with Crippen LogP contribution in [0, 0.1) is 0 Å². The van der Waals surface area contributed by atoms with Crippen LogP contribution in [0.3, 0.4) is 0 Å². The van der Waals surface area contributed by atoms with E-state index >= 15 is 0 Å². The lowest BCUT2D eigenvalue weighted by molar-refractivity contribution is 0.0952. The Bertz CT molecular complexity index is 496. The van der Waals surface area contributed by atoms with Crippen molar-refractivity contribution in [3.8, 4) is 0 Å². The summed E-state index contributed by atoms with van der Waals surface area (Å²) in [6.45, 7) is 1.32. The zero-order valence-electron chi connectivity index (χ0n) is 9.14. The van der Waals surface area contributed by atoms with Crippen molar-refractivity contribution < 1.29 is 4.79 Å². The smallest absolute Gasteiger partial charge is 0.251 e. The second-order valence-electron chi connectivity index (χ2n) is 3.54. The van der Waals surface area contributed by atoms with Crippen LogP contribution in [-0.4, -0.2) is 22.0 Å². The lowest BCUT2D eigenvalue weighted by atomic mass is 10.2. The van der Waals surface area contributed by atoms with Crippen molar-refractivity contribution in [1.29, 1.82) is 0 Å². The van der Waals surface area contributed by atoms with Crippen molar-refractivity contribution in [3.63, 3.8) is 0 Å². The molecule has 0 aromatic carbocycles. The number of hydrogen-bond donors (Lipinski definition) is 1. The van der Waals surface area contributed by atoms with Gasteiger partial charge in [0.1, 0.15) is 5.15 Å². The highest BCUT2D eigenvalue weighted by atomic mass is 35.5. The molecule has 1 amide bonds. The first-order chi connectivity index (χ1) is 8.25. The highest BCUT2D eigenvalue weighted by Crippen LogP contribution is 2.06. The van der Waals surface area contributed by atoms with Crippen molar-refractivity contribution in [2.75, 3.05) is 6.54 Å². The van der Waals surface area contributed by atoms with Gasteiger partial charge >= 0.3 is 0 Å². The fourth-order valence-electron chi connectivity index (χ4n) is 1.46. The molecule has 2 rings (SSSR count). The van der Waals surface area contributed by atoms with Gasteiger partial charge in [-0.05, 0) is 24.3 Å². The van der Waals surface area contributed by atoms with E-state index in [0.717, 1.165) is 6.54 Å². The monoisotopic (exact) mass is 249 g/mol. The van der Waals surface area contributed by atoms with E-state index in [1.165, 1.54) is 6.20 Å². The molecule has 4 nitrogen and oxygen atoms in total. The number of amides is 1. The summed E-state index contributed by atoms with van der Waals surface area (Å²) in [5.74, 6) is -0.138. The highest BCUT2D eigenvalue weighted by molar-refractivity contribution is 6.29. The number of rotatable bonds is 4. The molecule has 0 unspecified atom stereocenters. The molecule has 5 heteroatoms. The van der Waals surface area contributed by atoms with Gasteiger partial charge in [0.25, 0.3) is 5.91 Å². The topological polar surface area (TPSA) is 46.9 Å². The van der Waals surface area contributed by atoms with Gasteiger partial charge in [0.2, 0.25) is 0 Å². The lowest BCUT2D eigenvalue weighted by Crippen LogP contribution is -2.26. The van der Waals surface area contributed by atoms with Gasteiger partial charge in [-0.2, -0.15) is 0 Å². The standard InChI is InChI=1S/C12H12ClN3O/c13-11-9-10(3-4-14-11)12(17)15-5-8-16-6-1-2-7-16/h1-4,6-7,9H,5,8H2,(H,15,17). The van der Waals surface area contributed by atoms with Crippen molar-refractivity contribution in [3.05, 3.63) is 53.6 Å². The Morgan fingerprint density at radius 3 is 2.88 bits per heavy atom. The molecule has 1 N–H and O–H groups in total. The third-order valence-electron chi connectivity index (χ3n) is 2.31. The van der Waals surface area contributed by atoms with Gasteiger partial charge in [-0.3, -0.25) is 4.79 Å². The van der Waals surface area contributed by atoms with E-state index in [9.17, 15) is 4.79 Å². The molecular weight excluding hydrogens is 238 g/mol. The Kier molecular flexibility index (Phi) is 3.77. The molecule has 0 aliphatic rings. The summed E-state index contributed by atoms with van der Waals surface area (Å²) < 4.78 is 2.00. The maximum atomic E-state index is 11.7. The minimum absolute atomic E-state index is 0.138. The van der Waals surface area contributed by atoms with Crippen molar-refractivity contribution in [2.24, 2.45) is 0 Å². The zero-order chi connectivity index (χ0) is 12.1. The maximum Gasteiger partial charge on any atom is 0.251 e. The predicted molar refractivity (Wildman–Crippen MR) is 66.0 cm³/mol. The molecule has 0 spiro atoms. The summed E-state index contributed by atoms with van der Waals surface area (Å²) >= 11 is 5.71. The molecule has 0 aliphatic carbocycles. The van der Waals surface area contributed by atoms with Gasteiger partial charge in [-0.1, -0.05) is 11.6 Å². The van der Waals surface area contributed by atoms with Gasteiger partial charge in [0, 0.05) is 37.2 Å². The normalized spacial score (nSPS) is 10.2. The Morgan fingerprint density at radius 2 is 2.18 bits per heavy atom. The number of nitrogens with one attached hydrogen (secondary N) is 1. The molecule has 17 heavy (non-hydrogen) atoms. The molecule has 0 bridgehead atoms. The third-order valence-corrected chi connectivity index (χ3v) is 2.52. The largest absolute Gasteiger partial charge is 0.353 e. The van der Waals surface area contributed by atoms with E-state index in [0.29, 0.717) is 17.3 Å². The first-order valence-corrected chi connectivity index (χ1v) is 5.64. The molecular formula is C12H12ClN3O. The average molecular weight is 250 g/mol. The average Bonchev–Trinajstić information content (AvgIpc) is 2.82.